The zero-order valence-electron chi connectivity index (χ0n) is 18.1. The van der Waals surface area contributed by atoms with Crippen LogP contribution in [-0.2, 0) is 11.3 Å². The fourth-order valence-corrected chi connectivity index (χ4v) is 3.78. The van der Waals surface area contributed by atoms with E-state index < -0.39 is 23.9 Å². The van der Waals surface area contributed by atoms with Crippen molar-refractivity contribution in [3.8, 4) is 0 Å². The topological polar surface area (TPSA) is 73.8 Å². The number of aryl methyl sites for hydroxylation is 1. The molecule has 0 bridgehead atoms. The molecule has 0 spiro atoms. The summed E-state index contributed by atoms with van der Waals surface area (Å²) in [6, 6.07) is 18.2. The smallest absolute Gasteiger partial charge is 0.317 e. The molecule has 6 nitrogen and oxygen atoms in total. The molecular weight excluding hydrogens is 443 g/mol. The number of hydrogen-bond donors (Lipinski definition) is 2. The maximum atomic E-state index is 14.7. The van der Waals surface area contributed by atoms with Gasteiger partial charge in [0.2, 0.25) is 6.17 Å². The molecular formula is C25H22ClFN4O2. The number of amides is 3. The molecule has 1 atom stereocenters. The van der Waals surface area contributed by atoms with Crippen molar-refractivity contribution in [3.63, 3.8) is 0 Å². The number of likely N-dealkylation sites (N-methyl/N-ethyl adjacent to an activating group) is 1. The molecule has 3 aromatic rings. The Morgan fingerprint density at radius 2 is 1.79 bits per heavy atom. The van der Waals surface area contributed by atoms with Crippen molar-refractivity contribution in [1.82, 2.24) is 10.6 Å². The predicted molar refractivity (Wildman–Crippen MR) is 127 cm³/mol. The molecule has 1 unspecified atom stereocenters. The van der Waals surface area contributed by atoms with Gasteiger partial charge in [0, 0.05) is 29.7 Å². The maximum Gasteiger partial charge on any atom is 0.317 e. The van der Waals surface area contributed by atoms with E-state index in [4.69, 9.17) is 11.6 Å². The lowest BCUT2D eigenvalue weighted by Crippen LogP contribution is -2.49. The first-order valence-electron chi connectivity index (χ1n) is 10.3. The molecule has 8 heteroatoms. The highest BCUT2D eigenvalue weighted by atomic mass is 35.5. The average Bonchev–Trinajstić information content (AvgIpc) is 2.91. The van der Waals surface area contributed by atoms with Crippen LogP contribution in [0.15, 0.2) is 71.7 Å². The lowest BCUT2D eigenvalue weighted by Gasteiger charge is -2.21. The standard InChI is InChI=1S/C25H22ClFN4O2/c1-15-13-16(11-12-19(15)26)14-28-25(33)30-23-24(32)31(2)21-10-6-4-8-18(21)22(29-23)17-7-3-5-9-20(17)27/h3-13,23H,14H2,1-2H3,(H2,28,30,33). The first-order valence-corrected chi connectivity index (χ1v) is 10.7. The van der Waals surface area contributed by atoms with Crippen LogP contribution in [-0.4, -0.2) is 30.9 Å². The highest BCUT2D eigenvalue weighted by molar-refractivity contribution is 6.31. The Kier molecular flexibility index (Phi) is 6.42. The third kappa shape index (κ3) is 4.73. The summed E-state index contributed by atoms with van der Waals surface area (Å²) >= 11 is 6.05. The summed E-state index contributed by atoms with van der Waals surface area (Å²) in [6.07, 6.45) is -1.23. The van der Waals surface area contributed by atoms with E-state index in [1.165, 1.54) is 11.0 Å². The van der Waals surface area contributed by atoms with Gasteiger partial charge >= 0.3 is 6.03 Å². The molecule has 0 saturated carbocycles. The van der Waals surface area contributed by atoms with Crippen molar-refractivity contribution in [3.05, 3.63) is 99.8 Å². The number of nitrogens with one attached hydrogen (secondary N) is 2. The number of benzene rings is 3. The highest BCUT2D eigenvalue weighted by Gasteiger charge is 2.31. The second kappa shape index (κ2) is 9.42. The number of carbonyl (C=O) groups excluding carboxylic acids is 2. The van der Waals surface area contributed by atoms with E-state index in [9.17, 15) is 14.0 Å². The van der Waals surface area contributed by atoms with Gasteiger partial charge in [0.15, 0.2) is 0 Å². The van der Waals surface area contributed by atoms with Crippen molar-refractivity contribution in [2.45, 2.75) is 19.6 Å². The largest absolute Gasteiger partial charge is 0.334 e. The van der Waals surface area contributed by atoms with Gasteiger partial charge in [-0.1, -0.05) is 54.1 Å². The number of halogens is 2. The minimum Gasteiger partial charge on any atom is -0.334 e. The van der Waals surface area contributed by atoms with Crippen molar-refractivity contribution in [1.29, 1.82) is 0 Å². The van der Waals surface area contributed by atoms with Gasteiger partial charge in [0.05, 0.1) is 11.4 Å². The van der Waals surface area contributed by atoms with Gasteiger partial charge in [0.25, 0.3) is 5.91 Å². The Hall–Kier alpha value is -3.71. The minimum atomic E-state index is -1.23. The van der Waals surface area contributed by atoms with Gasteiger partial charge in [-0.2, -0.15) is 0 Å². The number of rotatable bonds is 4. The van der Waals surface area contributed by atoms with Crippen LogP contribution < -0.4 is 15.5 Å². The Balaban J connectivity index is 1.62. The Morgan fingerprint density at radius 3 is 2.52 bits per heavy atom. The molecule has 168 valence electrons. The summed E-state index contributed by atoms with van der Waals surface area (Å²) in [5.41, 5.74) is 3.47. The van der Waals surface area contributed by atoms with E-state index >= 15 is 0 Å². The molecule has 3 amide bonds. The molecule has 1 heterocycles. The molecule has 0 aromatic heterocycles. The van der Waals surface area contributed by atoms with Crippen LogP contribution >= 0.6 is 11.6 Å². The van der Waals surface area contributed by atoms with E-state index in [1.54, 1.807) is 55.6 Å². The van der Waals surface area contributed by atoms with E-state index in [2.05, 4.69) is 15.6 Å². The normalized spacial score (nSPS) is 15.4. The summed E-state index contributed by atoms with van der Waals surface area (Å²) < 4.78 is 14.7. The fourth-order valence-electron chi connectivity index (χ4n) is 3.66. The van der Waals surface area contributed by atoms with Gasteiger partial charge in [-0.15, -0.1) is 0 Å². The molecule has 4 rings (SSSR count). The second-order valence-electron chi connectivity index (χ2n) is 7.69. The summed E-state index contributed by atoms with van der Waals surface area (Å²) in [5, 5.41) is 5.98. The molecule has 0 aliphatic carbocycles. The van der Waals surface area contributed by atoms with Crippen molar-refractivity contribution in [2.75, 3.05) is 11.9 Å². The van der Waals surface area contributed by atoms with Crippen LogP contribution in [0.2, 0.25) is 5.02 Å². The number of nitrogens with zero attached hydrogens (tertiary/aromatic N) is 2. The number of hydrogen-bond acceptors (Lipinski definition) is 3. The van der Waals surface area contributed by atoms with Gasteiger partial charge in [-0.05, 0) is 42.3 Å². The molecule has 0 radical (unpaired) electrons. The number of carbonyl (C=O) groups is 2. The lowest BCUT2D eigenvalue weighted by atomic mass is 10.00. The minimum absolute atomic E-state index is 0.241. The lowest BCUT2D eigenvalue weighted by molar-refractivity contribution is -0.119. The second-order valence-corrected chi connectivity index (χ2v) is 8.09. The number of para-hydroxylation sites is 1. The number of anilines is 1. The molecule has 1 aliphatic heterocycles. The molecule has 2 N–H and O–H groups in total. The Morgan fingerprint density at radius 1 is 1.09 bits per heavy atom. The van der Waals surface area contributed by atoms with Crippen LogP contribution in [0.3, 0.4) is 0 Å². The summed E-state index contributed by atoms with van der Waals surface area (Å²) in [7, 11) is 1.60. The first-order chi connectivity index (χ1) is 15.8. The van der Waals surface area contributed by atoms with E-state index in [1.807, 2.05) is 19.1 Å². The third-order valence-electron chi connectivity index (χ3n) is 5.42. The SMILES string of the molecule is Cc1cc(CNC(=O)NC2N=C(c3ccccc3F)c3ccccc3N(C)C2=O)ccc1Cl. The predicted octanol–water partition coefficient (Wildman–Crippen LogP) is 4.43. The number of fused-ring (bicyclic) bond motifs is 1. The zero-order chi connectivity index (χ0) is 23.5. The van der Waals surface area contributed by atoms with Crippen LogP contribution in [0.25, 0.3) is 0 Å². The molecule has 1 aliphatic rings. The molecule has 3 aromatic carbocycles. The molecule has 33 heavy (non-hydrogen) atoms. The number of benzodiazepines with no additional fused rings is 1. The summed E-state index contributed by atoms with van der Waals surface area (Å²) in [5.74, 6) is -0.907. The first kappa shape index (κ1) is 22.5. The summed E-state index contributed by atoms with van der Waals surface area (Å²) in [6.45, 7) is 2.12. The van der Waals surface area contributed by atoms with E-state index in [0.717, 1.165) is 11.1 Å². The van der Waals surface area contributed by atoms with E-state index in [-0.39, 0.29) is 12.1 Å². The van der Waals surface area contributed by atoms with Crippen LogP contribution in [0.1, 0.15) is 22.3 Å². The monoisotopic (exact) mass is 464 g/mol. The van der Waals surface area contributed by atoms with Crippen molar-refractivity contribution >= 4 is 34.9 Å². The van der Waals surface area contributed by atoms with Crippen LogP contribution in [0.4, 0.5) is 14.9 Å². The molecule has 0 fully saturated rings. The Bertz CT molecular complexity index is 1260. The fraction of sp³-hybridized carbons (Fsp3) is 0.160. The van der Waals surface area contributed by atoms with Gasteiger partial charge in [0.1, 0.15) is 5.82 Å². The third-order valence-corrected chi connectivity index (χ3v) is 5.84. The average molecular weight is 465 g/mol. The van der Waals surface area contributed by atoms with Gasteiger partial charge < -0.3 is 15.5 Å². The van der Waals surface area contributed by atoms with E-state index in [0.29, 0.717) is 22.0 Å². The molecule has 0 saturated heterocycles. The quantitative estimate of drug-likeness (QED) is 0.599. The van der Waals surface area contributed by atoms with Crippen molar-refractivity contribution in [2.24, 2.45) is 4.99 Å². The Labute approximate surface area is 196 Å². The number of aliphatic imine (C=N–C) groups is 1. The van der Waals surface area contributed by atoms with Gasteiger partial charge in [-0.25, -0.2) is 14.2 Å². The highest BCUT2D eigenvalue weighted by Crippen LogP contribution is 2.28. The maximum absolute atomic E-state index is 14.7. The van der Waals surface area contributed by atoms with Crippen LogP contribution in [0, 0.1) is 12.7 Å². The van der Waals surface area contributed by atoms with Crippen LogP contribution in [0.5, 0.6) is 0 Å². The summed E-state index contributed by atoms with van der Waals surface area (Å²) in [4.78, 5) is 31.7. The number of urea groups is 1. The zero-order valence-corrected chi connectivity index (χ0v) is 18.9. The van der Waals surface area contributed by atoms with Crippen molar-refractivity contribution < 1.29 is 14.0 Å². The van der Waals surface area contributed by atoms with Gasteiger partial charge in [-0.3, -0.25) is 4.79 Å².